The van der Waals surface area contributed by atoms with Gasteiger partial charge in [-0.15, -0.1) is 11.8 Å². The lowest BCUT2D eigenvalue weighted by Gasteiger charge is -2.31. The van der Waals surface area contributed by atoms with Crippen LogP contribution in [0.4, 0.5) is 0 Å². The molecule has 1 saturated carbocycles. The smallest absolute Gasteiger partial charge is 0.243 e. The van der Waals surface area contributed by atoms with Gasteiger partial charge in [0.2, 0.25) is 11.8 Å². The van der Waals surface area contributed by atoms with Crippen molar-refractivity contribution < 1.29 is 9.59 Å². The molecule has 1 fully saturated rings. The van der Waals surface area contributed by atoms with Gasteiger partial charge in [-0.05, 0) is 42.5 Å². The van der Waals surface area contributed by atoms with Gasteiger partial charge in [-0.25, -0.2) is 0 Å². The number of rotatable bonds is 10. The van der Waals surface area contributed by atoms with Gasteiger partial charge in [0.05, 0.1) is 5.75 Å². The highest BCUT2D eigenvalue weighted by molar-refractivity contribution is 7.99. The Morgan fingerprint density at radius 1 is 1.12 bits per heavy atom. The lowest BCUT2D eigenvalue weighted by Crippen LogP contribution is -2.51. The molecule has 7 heteroatoms. The van der Waals surface area contributed by atoms with Crippen LogP contribution in [0.3, 0.4) is 0 Å². The summed E-state index contributed by atoms with van der Waals surface area (Å²) >= 11 is 14.0. The Balaban J connectivity index is 1.73. The van der Waals surface area contributed by atoms with Gasteiger partial charge < -0.3 is 10.2 Å². The number of hydrogen-bond acceptors (Lipinski definition) is 3. The first-order valence-corrected chi connectivity index (χ1v) is 13.0. The van der Waals surface area contributed by atoms with Gasteiger partial charge in [-0.3, -0.25) is 9.59 Å². The zero-order valence-corrected chi connectivity index (χ0v) is 20.7. The van der Waals surface area contributed by atoms with E-state index in [1.54, 1.807) is 28.8 Å². The minimum Gasteiger partial charge on any atom is -0.352 e. The summed E-state index contributed by atoms with van der Waals surface area (Å²) in [5, 5.41) is 4.20. The van der Waals surface area contributed by atoms with Crippen LogP contribution in [0.25, 0.3) is 0 Å². The lowest BCUT2D eigenvalue weighted by atomic mass is 10.1. The molecule has 1 unspecified atom stereocenters. The molecule has 2 aromatic rings. The van der Waals surface area contributed by atoms with Crippen molar-refractivity contribution in [3.63, 3.8) is 0 Å². The molecule has 2 aromatic carbocycles. The highest BCUT2D eigenvalue weighted by Gasteiger charge is 2.30. The average molecular weight is 494 g/mol. The van der Waals surface area contributed by atoms with E-state index < -0.39 is 6.04 Å². The fourth-order valence-electron chi connectivity index (χ4n) is 4.03. The molecule has 0 radical (unpaired) electrons. The first-order valence-electron chi connectivity index (χ1n) is 11.1. The normalized spacial score (nSPS) is 14.8. The van der Waals surface area contributed by atoms with Gasteiger partial charge in [-0.2, -0.15) is 0 Å². The van der Waals surface area contributed by atoms with Crippen LogP contribution in [0, 0.1) is 0 Å². The Kier molecular flexibility index (Phi) is 9.76. The molecular formula is C25H30Cl2N2O2S. The molecule has 0 spiro atoms. The Bertz CT molecular complexity index is 904. The van der Waals surface area contributed by atoms with Crippen molar-refractivity contribution in [1.29, 1.82) is 0 Å². The predicted molar refractivity (Wildman–Crippen MR) is 134 cm³/mol. The minimum atomic E-state index is -0.535. The third-order valence-corrected chi connectivity index (χ3v) is 7.36. The molecule has 0 aliphatic heterocycles. The summed E-state index contributed by atoms with van der Waals surface area (Å²) in [6.07, 6.45) is 4.83. The van der Waals surface area contributed by atoms with Crippen LogP contribution >= 0.6 is 35.0 Å². The van der Waals surface area contributed by atoms with Crippen molar-refractivity contribution in [2.24, 2.45) is 0 Å². The minimum absolute atomic E-state index is 0.0645. The molecular weight excluding hydrogens is 463 g/mol. The van der Waals surface area contributed by atoms with Crippen molar-refractivity contribution in [2.45, 2.75) is 63.4 Å². The number of carbonyl (C=O) groups excluding carboxylic acids is 2. The van der Waals surface area contributed by atoms with E-state index in [9.17, 15) is 9.59 Å². The molecule has 172 valence electrons. The van der Waals surface area contributed by atoms with E-state index >= 15 is 0 Å². The van der Waals surface area contributed by atoms with Crippen LogP contribution in [-0.2, 0) is 21.9 Å². The van der Waals surface area contributed by atoms with E-state index in [2.05, 4.69) is 5.32 Å². The molecule has 4 nitrogen and oxygen atoms in total. The van der Waals surface area contributed by atoms with E-state index in [1.807, 2.05) is 43.3 Å². The van der Waals surface area contributed by atoms with Gasteiger partial charge in [-0.1, -0.05) is 79.4 Å². The maximum absolute atomic E-state index is 13.3. The SMILES string of the molecule is CCC(C(=O)NC1CCCC1)N(Cc1ccc(Cl)cc1Cl)C(=O)CSCc1ccccc1. The summed E-state index contributed by atoms with van der Waals surface area (Å²) < 4.78 is 0. The molecule has 1 N–H and O–H groups in total. The predicted octanol–water partition coefficient (Wildman–Crippen LogP) is 6.09. The number of nitrogens with zero attached hydrogens (tertiary/aromatic N) is 1. The van der Waals surface area contributed by atoms with Gasteiger partial charge in [0.1, 0.15) is 6.04 Å². The maximum atomic E-state index is 13.3. The van der Waals surface area contributed by atoms with Gasteiger partial charge in [0.25, 0.3) is 0 Å². The average Bonchev–Trinajstić information content (AvgIpc) is 3.28. The zero-order valence-electron chi connectivity index (χ0n) is 18.4. The number of benzene rings is 2. The van der Waals surface area contributed by atoms with E-state index in [-0.39, 0.29) is 24.4 Å². The highest BCUT2D eigenvalue weighted by atomic mass is 35.5. The molecule has 1 aliphatic carbocycles. The Morgan fingerprint density at radius 3 is 2.50 bits per heavy atom. The molecule has 2 amide bonds. The second-order valence-electron chi connectivity index (χ2n) is 8.15. The number of thioether (sulfide) groups is 1. The number of carbonyl (C=O) groups is 2. The van der Waals surface area contributed by atoms with E-state index in [0.717, 1.165) is 37.0 Å². The van der Waals surface area contributed by atoms with Gasteiger partial charge in [0, 0.05) is 28.4 Å². The van der Waals surface area contributed by atoms with Crippen molar-refractivity contribution in [3.8, 4) is 0 Å². The van der Waals surface area contributed by atoms with Crippen molar-refractivity contribution >= 4 is 46.8 Å². The molecule has 3 rings (SSSR count). The van der Waals surface area contributed by atoms with Crippen molar-refractivity contribution in [2.75, 3.05) is 5.75 Å². The second-order valence-corrected chi connectivity index (χ2v) is 9.98. The Hall–Kier alpha value is -1.69. The first kappa shape index (κ1) is 24.9. The molecule has 1 atom stereocenters. The van der Waals surface area contributed by atoms with E-state index in [1.165, 1.54) is 5.56 Å². The molecule has 0 aromatic heterocycles. The number of hydrogen-bond donors (Lipinski definition) is 1. The quantitative estimate of drug-likeness (QED) is 0.436. The number of halogens is 2. The van der Waals surface area contributed by atoms with Crippen LogP contribution in [0.15, 0.2) is 48.5 Å². The van der Waals surface area contributed by atoms with Crippen LogP contribution in [0.5, 0.6) is 0 Å². The highest BCUT2D eigenvalue weighted by Crippen LogP contribution is 2.25. The fourth-order valence-corrected chi connectivity index (χ4v) is 5.37. The molecule has 32 heavy (non-hydrogen) atoms. The van der Waals surface area contributed by atoms with Gasteiger partial charge in [0.15, 0.2) is 0 Å². The van der Waals surface area contributed by atoms with Crippen LogP contribution in [0.2, 0.25) is 10.0 Å². The van der Waals surface area contributed by atoms with Crippen molar-refractivity contribution in [1.82, 2.24) is 10.2 Å². The maximum Gasteiger partial charge on any atom is 0.243 e. The first-order chi connectivity index (χ1) is 15.5. The standard InChI is InChI=1S/C25H30Cl2N2O2S/c1-2-23(25(31)28-21-10-6-7-11-21)29(15-19-12-13-20(26)14-22(19)27)24(30)17-32-16-18-8-4-3-5-9-18/h3-5,8-9,12-14,21,23H,2,6-7,10-11,15-17H2,1H3,(H,28,31). The summed E-state index contributed by atoms with van der Waals surface area (Å²) in [6.45, 7) is 2.22. The lowest BCUT2D eigenvalue weighted by molar-refractivity contribution is -0.139. The fraction of sp³-hybridized carbons (Fsp3) is 0.440. The second kappa shape index (κ2) is 12.5. The molecule has 1 aliphatic rings. The third kappa shape index (κ3) is 7.16. The van der Waals surface area contributed by atoms with Crippen LogP contribution in [0.1, 0.15) is 50.2 Å². The number of nitrogens with one attached hydrogen (secondary N) is 1. The van der Waals surface area contributed by atoms with Crippen LogP contribution in [-0.4, -0.2) is 34.6 Å². The molecule has 0 saturated heterocycles. The Labute approximate surface area is 205 Å². The van der Waals surface area contributed by atoms with E-state index in [4.69, 9.17) is 23.2 Å². The zero-order chi connectivity index (χ0) is 22.9. The summed E-state index contributed by atoms with van der Waals surface area (Å²) in [5.74, 6) is 0.900. The number of amides is 2. The summed E-state index contributed by atoms with van der Waals surface area (Å²) in [7, 11) is 0. The van der Waals surface area contributed by atoms with Gasteiger partial charge >= 0.3 is 0 Å². The van der Waals surface area contributed by atoms with Crippen LogP contribution < -0.4 is 5.32 Å². The monoisotopic (exact) mass is 492 g/mol. The summed E-state index contributed by atoms with van der Waals surface area (Å²) in [5.41, 5.74) is 1.95. The summed E-state index contributed by atoms with van der Waals surface area (Å²) in [4.78, 5) is 28.1. The van der Waals surface area contributed by atoms with Crippen molar-refractivity contribution in [3.05, 3.63) is 69.7 Å². The molecule has 0 bridgehead atoms. The topological polar surface area (TPSA) is 49.4 Å². The third-order valence-electron chi connectivity index (χ3n) is 5.78. The molecule has 0 heterocycles. The largest absolute Gasteiger partial charge is 0.352 e. The van der Waals surface area contributed by atoms with E-state index in [0.29, 0.717) is 22.2 Å². The summed E-state index contributed by atoms with van der Waals surface area (Å²) in [6, 6.07) is 15.0. The Morgan fingerprint density at radius 2 is 1.84 bits per heavy atom.